The number of nitrogens with zero attached hydrogens (tertiary/aromatic N) is 2. The molecule has 0 radical (unpaired) electrons. The van der Waals surface area contributed by atoms with E-state index in [0.29, 0.717) is 12.1 Å². The van der Waals surface area contributed by atoms with E-state index in [4.69, 9.17) is 10.5 Å². The Bertz CT molecular complexity index is 413. The largest absolute Gasteiger partial charge is 0.376 e. The van der Waals surface area contributed by atoms with E-state index >= 15 is 0 Å². The Labute approximate surface area is 113 Å². The van der Waals surface area contributed by atoms with Crippen molar-refractivity contribution in [2.45, 2.75) is 51.3 Å². The van der Waals surface area contributed by atoms with Crippen molar-refractivity contribution in [3.8, 4) is 0 Å². The summed E-state index contributed by atoms with van der Waals surface area (Å²) in [6, 6.07) is -0.452. The normalized spacial score (nSPS) is 20.4. The van der Waals surface area contributed by atoms with Crippen molar-refractivity contribution in [2.24, 2.45) is 5.73 Å². The van der Waals surface area contributed by atoms with Gasteiger partial charge in [0.2, 0.25) is 5.91 Å². The molecule has 1 saturated heterocycles. The highest BCUT2D eigenvalue weighted by Crippen LogP contribution is 2.15. The van der Waals surface area contributed by atoms with E-state index in [2.05, 4.69) is 10.4 Å². The van der Waals surface area contributed by atoms with Crippen molar-refractivity contribution in [1.29, 1.82) is 0 Å². The van der Waals surface area contributed by atoms with E-state index in [0.717, 1.165) is 32.4 Å². The zero-order valence-corrected chi connectivity index (χ0v) is 11.3. The summed E-state index contributed by atoms with van der Waals surface area (Å²) < 4.78 is 7.35. The zero-order valence-electron chi connectivity index (χ0n) is 11.3. The number of aromatic nitrogens is 2. The second-order valence-corrected chi connectivity index (χ2v) is 4.97. The van der Waals surface area contributed by atoms with Gasteiger partial charge in [0.1, 0.15) is 0 Å². The Balaban J connectivity index is 1.84. The average molecular weight is 266 g/mol. The van der Waals surface area contributed by atoms with E-state index < -0.39 is 6.04 Å². The minimum absolute atomic E-state index is 0.154. The Morgan fingerprint density at radius 1 is 1.74 bits per heavy atom. The van der Waals surface area contributed by atoms with Crippen molar-refractivity contribution in [3.63, 3.8) is 0 Å². The van der Waals surface area contributed by atoms with Gasteiger partial charge in [0, 0.05) is 12.8 Å². The zero-order chi connectivity index (χ0) is 13.7. The van der Waals surface area contributed by atoms with Gasteiger partial charge in [0.05, 0.1) is 30.6 Å². The van der Waals surface area contributed by atoms with E-state index in [1.54, 1.807) is 10.9 Å². The minimum atomic E-state index is -0.452. The summed E-state index contributed by atoms with van der Waals surface area (Å²) in [4.78, 5) is 11.8. The monoisotopic (exact) mass is 266 g/mol. The number of hydrogen-bond acceptors (Lipinski definition) is 4. The molecule has 1 aromatic rings. The van der Waals surface area contributed by atoms with Crippen LogP contribution in [0.2, 0.25) is 0 Å². The van der Waals surface area contributed by atoms with Crippen LogP contribution in [0.25, 0.3) is 0 Å². The summed E-state index contributed by atoms with van der Waals surface area (Å²) in [7, 11) is 0. The maximum atomic E-state index is 11.8. The Hall–Kier alpha value is -1.40. The van der Waals surface area contributed by atoms with Crippen molar-refractivity contribution >= 4 is 11.6 Å². The van der Waals surface area contributed by atoms with Crippen molar-refractivity contribution in [3.05, 3.63) is 12.4 Å². The minimum Gasteiger partial charge on any atom is -0.376 e. The van der Waals surface area contributed by atoms with Crippen molar-refractivity contribution in [1.82, 2.24) is 9.78 Å². The number of nitrogens with two attached hydrogens (primary N) is 1. The van der Waals surface area contributed by atoms with E-state index in [-0.39, 0.29) is 12.0 Å². The Morgan fingerprint density at radius 2 is 2.58 bits per heavy atom. The first-order valence-electron chi connectivity index (χ1n) is 6.89. The first-order chi connectivity index (χ1) is 9.19. The number of rotatable bonds is 6. The molecule has 0 aromatic carbocycles. The van der Waals surface area contributed by atoms with Gasteiger partial charge in [-0.05, 0) is 19.3 Å². The quantitative estimate of drug-likeness (QED) is 0.808. The molecule has 2 rings (SSSR count). The van der Waals surface area contributed by atoms with Crippen LogP contribution in [0, 0.1) is 0 Å². The average Bonchev–Trinajstić information content (AvgIpc) is 3.02. The molecule has 6 heteroatoms. The summed E-state index contributed by atoms with van der Waals surface area (Å²) in [5.74, 6) is -0.154. The molecule has 2 heterocycles. The lowest BCUT2D eigenvalue weighted by Crippen LogP contribution is -2.35. The molecule has 0 saturated carbocycles. The molecule has 0 aliphatic carbocycles. The predicted molar refractivity (Wildman–Crippen MR) is 72.7 cm³/mol. The van der Waals surface area contributed by atoms with Crippen LogP contribution in [0.5, 0.6) is 0 Å². The van der Waals surface area contributed by atoms with Crippen LogP contribution < -0.4 is 11.1 Å². The Kier molecular flexibility index (Phi) is 4.93. The van der Waals surface area contributed by atoms with Gasteiger partial charge in [-0.2, -0.15) is 5.10 Å². The second kappa shape index (κ2) is 6.68. The fourth-order valence-corrected chi connectivity index (χ4v) is 2.20. The van der Waals surface area contributed by atoms with Gasteiger partial charge in [-0.3, -0.25) is 9.48 Å². The highest BCUT2D eigenvalue weighted by Gasteiger charge is 2.17. The SMILES string of the molecule is CCCC(N)C(=O)Nc1cnn(CC2CCCO2)c1. The van der Waals surface area contributed by atoms with Crippen molar-refractivity contribution < 1.29 is 9.53 Å². The summed E-state index contributed by atoms with van der Waals surface area (Å²) in [6.45, 7) is 3.57. The fraction of sp³-hybridized carbons (Fsp3) is 0.692. The number of hydrogen-bond donors (Lipinski definition) is 2. The number of carbonyl (C=O) groups is 1. The molecule has 1 amide bonds. The molecule has 106 valence electrons. The highest BCUT2D eigenvalue weighted by molar-refractivity contribution is 5.94. The maximum absolute atomic E-state index is 11.8. The first kappa shape index (κ1) is 14.0. The van der Waals surface area contributed by atoms with Crippen LogP contribution >= 0.6 is 0 Å². The summed E-state index contributed by atoms with van der Waals surface area (Å²) in [5.41, 5.74) is 6.44. The van der Waals surface area contributed by atoms with Gasteiger partial charge in [0.15, 0.2) is 0 Å². The van der Waals surface area contributed by atoms with Gasteiger partial charge in [0.25, 0.3) is 0 Å². The van der Waals surface area contributed by atoms with Crippen LogP contribution in [-0.4, -0.2) is 34.4 Å². The third-order valence-electron chi connectivity index (χ3n) is 3.25. The highest BCUT2D eigenvalue weighted by atomic mass is 16.5. The lowest BCUT2D eigenvalue weighted by molar-refractivity contribution is -0.117. The topological polar surface area (TPSA) is 82.2 Å². The third-order valence-corrected chi connectivity index (χ3v) is 3.25. The second-order valence-electron chi connectivity index (χ2n) is 4.97. The Morgan fingerprint density at radius 3 is 3.26 bits per heavy atom. The summed E-state index contributed by atoms with van der Waals surface area (Å²) >= 11 is 0. The van der Waals surface area contributed by atoms with E-state index in [1.807, 2.05) is 13.1 Å². The maximum Gasteiger partial charge on any atom is 0.241 e. The first-order valence-corrected chi connectivity index (χ1v) is 6.89. The van der Waals surface area contributed by atoms with Crippen LogP contribution in [0.1, 0.15) is 32.6 Å². The molecule has 6 nitrogen and oxygen atoms in total. The molecule has 1 fully saturated rings. The van der Waals surface area contributed by atoms with Crippen LogP contribution in [0.15, 0.2) is 12.4 Å². The van der Waals surface area contributed by atoms with Crippen LogP contribution in [0.4, 0.5) is 5.69 Å². The standard InChI is InChI=1S/C13H22N4O2/c1-2-4-12(14)13(18)16-10-7-15-17(8-10)9-11-5-3-6-19-11/h7-8,11-12H,2-6,9,14H2,1H3,(H,16,18). The molecule has 19 heavy (non-hydrogen) atoms. The van der Waals surface area contributed by atoms with Gasteiger partial charge < -0.3 is 15.8 Å². The summed E-state index contributed by atoms with van der Waals surface area (Å²) in [6.07, 6.45) is 7.47. The molecule has 3 N–H and O–H groups in total. The lowest BCUT2D eigenvalue weighted by Gasteiger charge is -2.10. The smallest absolute Gasteiger partial charge is 0.241 e. The number of ether oxygens (including phenoxy) is 1. The lowest BCUT2D eigenvalue weighted by atomic mass is 10.2. The number of amides is 1. The molecule has 2 unspecified atom stereocenters. The molecule has 1 aromatic heterocycles. The van der Waals surface area contributed by atoms with Gasteiger partial charge in [-0.1, -0.05) is 13.3 Å². The molecule has 2 atom stereocenters. The number of carbonyl (C=O) groups excluding carboxylic acids is 1. The molecule has 0 bridgehead atoms. The fourth-order valence-electron chi connectivity index (χ4n) is 2.20. The molecule has 1 aliphatic heterocycles. The van der Waals surface area contributed by atoms with Crippen LogP contribution in [-0.2, 0) is 16.1 Å². The molecular weight excluding hydrogens is 244 g/mol. The van der Waals surface area contributed by atoms with E-state index in [1.165, 1.54) is 0 Å². The van der Waals surface area contributed by atoms with Crippen molar-refractivity contribution in [2.75, 3.05) is 11.9 Å². The van der Waals surface area contributed by atoms with Gasteiger partial charge in [-0.25, -0.2) is 0 Å². The van der Waals surface area contributed by atoms with Gasteiger partial charge >= 0.3 is 0 Å². The van der Waals surface area contributed by atoms with E-state index in [9.17, 15) is 4.79 Å². The molecular formula is C13H22N4O2. The summed E-state index contributed by atoms with van der Waals surface area (Å²) in [5, 5.41) is 7.00. The molecule has 1 aliphatic rings. The third kappa shape index (κ3) is 4.04. The predicted octanol–water partition coefficient (Wildman–Crippen LogP) is 1.13. The number of anilines is 1. The molecule has 0 spiro atoms. The van der Waals surface area contributed by atoms with Gasteiger partial charge in [-0.15, -0.1) is 0 Å². The number of nitrogens with one attached hydrogen (secondary N) is 1. The van der Waals surface area contributed by atoms with Crippen LogP contribution in [0.3, 0.4) is 0 Å².